The third kappa shape index (κ3) is 4.73. The highest BCUT2D eigenvalue weighted by Gasteiger charge is 2.25. The minimum atomic E-state index is -0.444. The first-order valence-corrected chi connectivity index (χ1v) is 9.54. The number of rotatable bonds is 4. The molecule has 1 atom stereocenters. The first kappa shape index (κ1) is 20.6. The second-order valence-corrected chi connectivity index (χ2v) is 8.05. The summed E-state index contributed by atoms with van der Waals surface area (Å²) in [6.45, 7) is 5.82. The van der Waals surface area contributed by atoms with Crippen LogP contribution in [0.25, 0.3) is 0 Å². The van der Waals surface area contributed by atoms with Crippen LogP contribution in [-0.4, -0.2) is 46.4 Å². The number of carbonyl (C=O) groups is 1. The van der Waals surface area contributed by atoms with Gasteiger partial charge >= 0.3 is 0 Å². The summed E-state index contributed by atoms with van der Waals surface area (Å²) in [4.78, 5) is 30.2. The van der Waals surface area contributed by atoms with Gasteiger partial charge in [0.1, 0.15) is 0 Å². The zero-order chi connectivity index (χ0) is 18.0. The predicted octanol–water partition coefficient (Wildman–Crippen LogP) is 3.37. The molecule has 0 radical (unpaired) electrons. The summed E-state index contributed by atoms with van der Waals surface area (Å²) in [5, 5.41) is 16.6. The van der Waals surface area contributed by atoms with Crippen LogP contribution in [0.2, 0.25) is 0 Å². The van der Waals surface area contributed by atoms with Crippen LogP contribution in [0.4, 0.5) is 5.69 Å². The summed E-state index contributed by atoms with van der Waals surface area (Å²) in [5.74, 6) is -0.168. The molecule has 2 heterocycles. The molecule has 140 valence electrons. The Hall–Kier alpha value is -1.68. The lowest BCUT2D eigenvalue weighted by Gasteiger charge is -2.31. The first-order valence-electron chi connectivity index (χ1n) is 7.85. The first-order chi connectivity index (χ1) is 11.9. The van der Waals surface area contributed by atoms with Crippen LogP contribution in [0.5, 0.6) is 0 Å². The van der Waals surface area contributed by atoms with Crippen molar-refractivity contribution in [3.63, 3.8) is 0 Å². The normalized spacial score (nSPS) is 16.8. The van der Waals surface area contributed by atoms with Gasteiger partial charge in [0.2, 0.25) is 0 Å². The van der Waals surface area contributed by atoms with Crippen molar-refractivity contribution >= 4 is 47.1 Å². The lowest BCUT2D eigenvalue weighted by Crippen LogP contribution is -2.51. The summed E-state index contributed by atoms with van der Waals surface area (Å²) >= 11 is 2.70. The number of aryl methyl sites for hydroxylation is 1. The largest absolute Gasteiger partial charge is 0.336 e. The number of nitro benzene ring substituents is 1. The zero-order valence-electron chi connectivity index (χ0n) is 14.3. The Morgan fingerprint density at radius 3 is 2.88 bits per heavy atom. The zero-order valence-corrected chi connectivity index (χ0v) is 16.7. The molecule has 1 fully saturated rings. The summed E-state index contributed by atoms with van der Waals surface area (Å²) in [6.07, 6.45) is 0. The van der Waals surface area contributed by atoms with Crippen LogP contribution in [0, 0.1) is 17.0 Å². The van der Waals surface area contributed by atoms with Crippen molar-refractivity contribution in [1.82, 2.24) is 15.2 Å². The van der Waals surface area contributed by atoms with Gasteiger partial charge in [0.05, 0.1) is 9.82 Å². The van der Waals surface area contributed by atoms with E-state index in [1.54, 1.807) is 17.0 Å². The number of nitrogens with one attached hydrogen (secondary N) is 1. The molecule has 2 aromatic rings. The number of hydrogen-bond acceptors (Lipinski definition) is 7. The Labute approximate surface area is 165 Å². The van der Waals surface area contributed by atoms with Crippen LogP contribution in [0.1, 0.15) is 23.0 Å². The molecule has 1 N–H and O–H groups in total. The fraction of sp³-hybridized carbons (Fsp3) is 0.375. The summed E-state index contributed by atoms with van der Waals surface area (Å²) in [5.41, 5.74) is 1.17. The minimum absolute atomic E-state index is 0. The van der Waals surface area contributed by atoms with E-state index in [4.69, 9.17) is 0 Å². The average Bonchev–Trinajstić information content (AvgIpc) is 2.99. The van der Waals surface area contributed by atoms with Crippen molar-refractivity contribution in [3.8, 4) is 0 Å². The second kappa shape index (κ2) is 8.81. The third-order valence-electron chi connectivity index (χ3n) is 3.85. The van der Waals surface area contributed by atoms with Gasteiger partial charge in [-0.1, -0.05) is 11.8 Å². The summed E-state index contributed by atoms with van der Waals surface area (Å²) in [6, 6.07) is 4.89. The number of benzene rings is 1. The van der Waals surface area contributed by atoms with E-state index in [-0.39, 0.29) is 30.0 Å². The standard InChI is InChI=1S/C16H18N4O3S2.ClH/c1-10-8-19(6-5-17-10)15(21)12-3-4-14(13(7-12)20(22)23)25-16-18-11(2)9-24-16;/h3-4,7,9-10,17H,5-6,8H2,1-2H3;1H. The fourth-order valence-electron chi connectivity index (χ4n) is 2.65. The maximum Gasteiger partial charge on any atom is 0.284 e. The van der Waals surface area contributed by atoms with Gasteiger partial charge in [0.15, 0.2) is 4.34 Å². The number of nitrogens with zero attached hydrogens (tertiary/aromatic N) is 3. The van der Waals surface area contributed by atoms with E-state index in [0.717, 1.165) is 16.6 Å². The van der Waals surface area contributed by atoms with Gasteiger partial charge in [-0.2, -0.15) is 0 Å². The van der Waals surface area contributed by atoms with E-state index in [0.29, 0.717) is 23.5 Å². The molecule has 0 bridgehead atoms. The quantitative estimate of drug-likeness (QED) is 0.609. The van der Waals surface area contributed by atoms with Crippen LogP contribution < -0.4 is 5.32 Å². The van der Waals surface area contributed by atoms with E-state index in [1.807, 2.05) is 19.2 Å². The number of aromatic nitrogens is 1. The highest BCUT2D eigenvalue weighted by atomic mass is 35.5. The van der Waals surface area contributed by atoms with E-state index in [2.05, 4.69) is 10.3 Å². The third-order valence-corrected chi connectivity index (χ3v) is 5.98. The lowest BCUT2D eigenvalue weighted by molar-refractivity contribution is -0.387. The number of nitro groups is 1. The Balaban J connectivity index is 0.00000243. The number of halogens is 1. The maximum absolute atomic E-state index is 12.7. The van der Waals surface area contributed by atoms with Crippen molar-refractivity contribution in [3.05, 3.63) is 45.0 Å². The van der Waals surface area contributed by atoms with Gasteiger partial charge < -0.3 is 10.2 Å². The molecule has 1 amide bonds. The molecular formula is C16H19ClN4O3S2. The van der Waals surface area contributed by atoms with Crippen molar-refractivity contribution in [1.29, 1.82) is 0 Å². The van der Waals surface area contributed by atoms with Crippen molar-refractivity contribution < 1.29 is 9.72 Å². The summed E-state index contributed by atoms with van der Waals surface area (Å²) in [7, 11) is 0. The van der Waals surface area contributed by atoms with Gasteiger partial charge in [-0.15, -0.1) is 23.7 Å². The monoisotopic (exact) mass is 414 g/mol. The Bertz CT molecular complexity index is 815. The number of amides is 1. The van der Waals surface area contributed by atoms with Gasteiger partial charge in [0.25, 0.3) is 11.6 Å². The van der Waals surface area contributed by atoms with E-state index in [1.165, 1.54) is 29.2 Å². The molecule has 0 saturated carbocycles. The van der Waals surface area contributed by atoms with E-state index >= 15 is 0 Å². The molecule has 1 aromatic carbocycles. The van der Waals surface area contributed by atoms with Crippen molar-refractivity contribution in [2.75, 3.05) is 19.6 Å². The molecule has 26 heavy (non-hydrogen) atoms. The molecule has 1 aromatic heterocycles. The minimum Gasteiger partial charge on any atom is -0.336 e. The van der Waals surface area contributed by atoms with Gasteiger partial charge in [-0.25, -0.2) is 4.98 Å². The Morgan fingerprint density at radius 2 is 2.27 bits per heavy atom. The lowest BCUT2D eigenvalue weighted by atomic mass is 10.1. The molecule has 7 nitrogen and oxygen atoms in total. The molecule has 1 aliphatic heterocycles. The van der Waals surface area contributed by atoms with Crippen LogP contribution in [0.15, 0.2) is 32.8 Å². The number of hydrogen-bond donors (Lipinski definition) is 1. The topological polar surface area (TPSA) is 88.4 Å². The predicted molar refractivity (Wildman–Crippen MR) is 105 cm³/mol. The molecule has 1 saturated heterocycles. The van der Waals surface area contributed by atoms with Crippen LogP contribution >= 0.6 is 35.5 Å². The van der Waals surface area contributed by atoms with Crippen LogP contribution in [-0.2, 0) is 0 Å². The van der Waals surface area contributed by atoms with Crippen LogP contribution in [0.3, 0.4) is 0 Å². The second-order valence-electron chi connectivity index (χ2n) is 5.90. The molecule has 0 aliphatic carbocycles. The van der Waals surface area contributed by atoms with Gasteiger partial charge in [-0.3, -0.25) is 14.9 Å². The maximum atomic E-state index is 12.7. The fourth-order valence-corrected chi connectivity index (χ4v) is 4.53. The Kier molecular flexibility index (Phi) is 6.99. The van der Waals surface area contributed by atoms with Crippen molar-refractivity contribution in [2.45, 2.75) is 29.1 Å². The molecule has 1 unspecified atom stereocenters. The number of piperazine rings is 1. The SMILES string of the molecule is Cc1csc(Sc2ccc(C(=O)N3CCNC(C)C3)cc2[N+](=O)[O-])n1.Cl. The molecule has 0 spiro atoms. The molecule has 1 aliphatic rings. The van der Waals surface area contributed by atoms with Gasteiger partial charge in [0, 0.05) is 48.4 Å². The molecular weight excluding hydrogens is 396 g/mol. The highest BCUT2D eigenvalue weighted by molar-refractivity contribution is 8.01. The molecule has 3 rings (SSSR count). The smallest absolute Gasteiger partial charge is 0.284 e. The molecule has 10 heteroatoms. The van der Waals surface area contributed by atoms with E-state index in [9.17, 15) is 14.9 Å². The Morgan fingerprint density at radius 1 is 1.50 bits per heavy atom. The number of carbonyl (C=O) groups excluding carboxylic acids is 1. The number of thiazole rings is 1. The average molecular weight is 415 g/mol. The van der Waals surface area contributed by atoms with E-state index < -0.39 is 4.92 Å². The van der Waals surface area contributed by atoms with Crippen molar-refractivity contribution in [2.24, 2.45) is 0 Å². The highest BCUT2D eigenvalue weighted by Crippen LogP contribution is 2.37. The summed E-state index contributed by atoms with van der Waals surface area (Å²) < 4.78 is 0.746. The van der Waals surface area contributed by atoms with Gasteiger partial charge in [-0.05, 0) is 26.0 Å².